The number of rotatable bonds is 10. The molecule has 0 spiro atoms. The highest BCUT2D eigenvalue weighted by molar-refractivity contribution is 6.42. The fourth-order valence-electron chi connectivity index (χ4n) is 4.40. The second-order valence-corrected chi connectivity index (χ2v) is 9.72. The van der Waals surface area contributed by atoms with E-state index in [2.05, 4.69) is 16.1 Å². The number of hydrogen-bond acceptors (Lipinski definition) is 3. The molecule has 35 heavy (non-hydrogen) atoms. The summed E-state index contributed by atoms with van der Waals surface area (Å²) >= 11 is 12.2. The Kier molecular flexibility index (Phi) is 10.5. The Labute approximate surface area is 218 Å². The van der Waals surface area contributed by atoms with E-state index in [1.165, 1.54) is 0 Å². The summed E-state index contributed by atoms with van der Waals surface area (Å²) in [7, 11) is 0. The summed E-state index contributed by atoms with van der Waals surface area (Å²) in [6.07, 6.45) is 9.78. The van der Waals surface area contributed by atoms with Gasteiger partial charge in [-0.1, -0.05) is 54.4 Å². The minimum Gasteiger partial charge on any atom is -0.317 e. The molecule has 1 aliphatic rings. The molecule has 1 N–H and O–H groups in total. The third-order valence-electron chi connectivity index (χ3n) is 6.47. The number of halogens is 2. The Bertz CT molecular complexity index is 1060. The van der Waals surface area contributed by atoms with Gasteiger partial charge < -0.3 is 15.1 Å². The first-order valence-corrected chi connectivity index (χ1v) is 12.9. The predicted octanol–water partition coefficient (Wildman–Crippen LogP) is 6.43. The van der Waals surface area contributed by atoms with Crippen LogP contribution in [0.15, 0.2) is 42.5 Å². The number of likely N-dealkylation sites (tertiary alicyclic amines) is 1. The van der Waals surface area contributed by atoms with Gasteiger partial charge in [-0.3, -0.25) is 4.79 Å². The van der Waals surface area contributed by atoms with E-state index in [1.807, 2.05) is 36.1 Å². The monoisotopic (exact) mass is 513 g/mol. The van der Waals surface area contributed by atoms with Crippen molar-refractivity contribution in [1.82, 2.24) is 9.80 Å². The molecule has 186 valence electrons. The van der Waals surface area contributed by atoms with Crippen LogP contribution in [0, 0.1) is 12.3 Å². The van der Waals surface area contributed by atoms with Crippen LogP contribution in [0.4, 0.5) is 10.5 Å². The van der Waals surface area contributed by atoms with Gasteiger partial charge in [0.1, 0.15) is 5.78 Å². The van der Waals surface area contributed by atoms with E-state index in [-0.39, 0.29) is 17.9 Å². The van der Waals surface area contributed by atoms with Gasteiger partial charge in [0.05, 0.1) is 10.0 Å². The van der Waals surface area contributed by atoms with E-state index in [1.54, 1.807) is 18.2 Å². The molecular weight excluding hydrogens is 481 g/mol. The fraction of sp³-hybridized carbons (Fsp3) is 0.429. The van der Waals surface area contributed by atoms with Gasteiger partial charge in [0.2, 0.25) is 0 Å². The molecule has 1 saturated heterocycles. The minimum absolute atomic E-state index is 0.0802. The normalized spacial score (nSPS) is 14.3. The van der Waals surface area contributed by atoms with Crippen LogP contribution in [0.2, 0.25) is 10.0 Å². The Morgan fingerprint density at radius 1 is 1.11 bits per heavy atom. The van der Waals surface area contributed by atoms with E-state index < -0.39 is 0 Å². The third-order valence-corrected chi connectivity index (χ3v) is 7.21. The molecule has 7 heteroatoms. The van der Waals surface area contributed by atoms with Gasteiger partial charge in [-0.2, -0.15) is 0 Å². The lowest BCUT2D eigenvalue weighted by Gasteiger charge is -2.39. The number of anilines is 1. The summed E-state index contributed by atoms with van der Waals surface area (Å²) in [5.41, 5.74) is 2.56. The Hall–Kier alpha value is -2.52. The van der Waals surface area contributed by atoms with E-state index in [0.29, 0.717) is 35.1 Å². The van der Waals surface area contributed by atoms with Crippen LogP contribution in [0.3, 0.4) is 0 Å². The topological polar surface area (TPSA) is 52.7 Å². The molecule has 0 unspecified atom stereocenters. The van der Waals surface area contributed by atoms with Crippen molar-refractivity contribution < 1.29 is 9.59 Å². The number of ketones is 1. The summed E-state index contributed by atoms with van der Waals surface area (Å²) in [4.78, 5) is 30.0. The van der Waals surface area contributed by atoms with Gasteiger partial charge in [-0.05, 0) is 55.1 Å². The number of Topliss-reactive ketones (excluding diaryl/α,β-unsaturated/α-hetero) is 1. The molecule has 3 rings (SSSR count). The maximum absolute atomic E-state index is 13.5. The van der Waals surface area contributed by atoms with Gasteiger partial charge in [0, 0.05) is 50.6 Å². The lowest BCUT2D eigenvalue weighted by atomic mass is 9.98. The highest BCUT2D eigenvalue weighted by Crippen LogP contribution is 2.27. The largest absolute Gasteiger partial charge is 0.322 e. The van der Waals surface area contributed by atoms with Gasteiger partial charge in [0.15, 0.2) is 0 Å². The quantitative estimate of drug-likeness (QED) is 0.294. The Balaban J connectivity index is 1.78. The number of unbranched alkanes of at least 4 members (excludes halogenated alkanes) is 1. The number of carbonyl (C=O) groups excluding carboxylic acids is 2. The number of urea groups is 1. The van der Waals surface area contributed by atoms with Crippen molar-refractivity contribution in [2.24, 2.45) is 0 Å². The lowest BCUT2D eigenvalue weighted by Crippen LogP contribution is -2.48. The first kappa shape index (κ1) is 27.1. The second kappa shape index (κ2) is 13.5. The minimum atomic E-state index is -0.189. The summed E-state index contributed by atoms with van der Waals surface area (Å²) < 4.78 is 0. The van der Waals surface area contributed by atoms with Crippen LogP contribution in [0.25, 0.3) is 0 Å². The number of terminal acetylenes is 1. The number of nitrogens with one attached hydrogen (secondary N) is 1. The van der Waals surface area contributed by atoms with E-state index in [9.17, 15) is 9.59 Å². The molecule has 0 aliphatic carbocycles. The van der Waals surface area contributed by atoms with E-state index >= 15 is 0 Å². The Morgan fingerprint density at radius 3 is 2.49 bits per heavy atom. The number of benzene rings is 2. The molecule has 0 radical (unpaired) electrons. The fourth-order valence-corrected chi connectivity index (χ4v) is 4.70. The molecular formula is C28H33Cl2N3O2. The van der Waals surface area contributed by atoms with Gasteiger partial charge in [-0.15, -0.1) is 12.3 Å². The number of piperidine rings is 1. The van der Waals surface area contributed by atoms with Crippen LogP contribution < -0.4 is 5.32 Å². The van der Waals surface area contributed by atoms with Crippen molar-refractivity contribution in [2.75, 3.05) is 25.0 Å². The van der Waals surface area contributed by atoms with Crippen molar-refractivity contribution in [3.63, 3.8) is 0 Å². The molecule has 1 fully saturated rings. The number of carbonyl (C=O) groups is 2. The average molecular weight is 514 g/mol. The van der Waals surface area contributed by atoms with Gasteiger partial charge >= 0.3 is 6.03 Å². The third kappa shape index (κ3) is 8.00. The number of nitrogens with zero attached hydrogens (tertiary/aromatic N) is 2. The van der Waals surface area contributed by atoms with E-state index in [0.717, 1.165) is 56.4 Å². The second-order valence-electron chi connectivity index (χ2n) is 8.91. The molecule has 2 amide bonds. The standard InChI is InChI=1S/C28H33Cl2N3O2/c1-3-5-8-15-32-16-13-24(14-17-32)33(28(35)31-23-11-12-26(29)27(30)19-23)20-22-10-7-6-9-21(22)18-25(34)4-2/h1,6-7,9-12,19,24H,4-5,8,13-18,20H2,2H3,(H,31,35). The maximum Gasteiger partial charge on any atom is 0.322 e. The number of amides is 2. The SMILES string of the molecule is C#CCCCN1CCC(N(Cc2ccccc2CC(=O)CC)C(=O)Nc2ccc(Cl)c(Cl)c2)CC1. The van der Waals surface area contributed by atoms with Crippen molar-refractivity contribution in [1.29, 1.82) is 0 Å². The van der Waals surface area contributed by atoms with Crippen LogP contribution in [0.1, 0.15) is 50.2 Å². The summed E-state index contributed by atoms with van der Waals surface area (Å²) in [5.74, 6) is 2.89. The van der Waals surface area contributed by atoms with Crippen LogP contribution in [-0.4, -0.2) is 47.3 Å². The molecule has 2 aromatic rings. The average Bonchev–Trinajstić information content (AvgIpc) is 2.86. The molecule has 0 aromatic heterocycles. The van der Waals surface area contributed by atoms with Crippen molar-refractivity contribution in [2.45, 2.75) is 58.0 Å². The van der Waals surface area contributed by atoms with E-state index in [4.69, 9.17) is 29.6 Å². The molecule has 1 aliphatic heterocycles. The summed E-state index contributed by atoms with van der Waals surface area (Å²) in [6.45, 7) is 5.12. The van der Waals surface area contributed by atoms with Crippen LogP contribution >= 0.6 is 23.2 Å². The van der Waals surface area contributed by atoms with Crippen molar-refractivity contribution >= 4 is 40.7 Å². The van der Waals surface area contributed by atoms with Crippen molar-refractivity contribution in [3.8, 4) is 12.3 Å². The molecule has 0 saturated carbocycles. The highest BCUT2D eigenvalue weighted by Gasteiger charge is 2.29. The zero-order valence-corrected chi connectivity index (χ0v) is 21.7. The lowest BCUT2D eigenvalue weighted by molar-refractivity contribution is -0.118. The molecule has 0 bridgehead atoms. The van der Waals surface area contributed by atoms with Gasteiger partial charge in [-0.25, -0.2) is 4.79 Å². The Morgan fingerprint density at radius 2 is 1.83 bits per heavy atom. The summed E-state index contributed by atoms with van der Waals surface area (Å²) in [5, 5.41) is 3.82. The van der Waals surface area contributed by atoms with Gasteiger partial charge in [0.25, 0.3) is 0 Å². The molecule has 2 aromatic carbocycles. The zero-order chi connectivity index (χ0) is 25.2. The van der Waals surface area contributed by atoms with Crippen molar-refractivity contribution in [3.05, 3.63) is 63.6 Å². The first-order chi connectivity index (χ1) is 16.9. The highest BCUT2D eigenvalue weighted by atomic mass is 35.5. The zero-order valence-electron chi connectivity index (χ0n) is 20.2. The first-order valence-electron chi connectivity index (χ1n) is 12.2. The molecule has 1 heterocycles. The predicted molar refractivity (Wildman–Crippen MR) is 144 cm³/mol. The molecule has 0 atom stereocenters. The van der Waals surface area contributed by atoms with Crippen LogP contribution in [0.5, 0.6) is 0 Å². The smallest absolute Gasteiger partial charge is 0.317 e. The number of hydrogen-bond donors (Lipinski definition) is 1. The maximum atomic E-state index is 13.5. The molecule has 5 nitrogen and oxygen atoms in total. The summed E-state index contributed by atoms with van der Waals surface area (Å²) in [6, 6.07) is 12.8. The van der Waals surface area contributed by atoms with Crippen LogP contribution in [-0.2, 0) is 17.8 Å².